The molecule has 2 N–H and O–H groups in total. The zero-order valence-electron chi connectivity index (χ0n) is 20.4. The van der Waals surface area contributed by atoms with Gasteiger partial charge in [-0.3, -0.25) is 4.99 Å². The van der Waals surface area contributed by atoms with E-state index in [1.165, 1.54) is 5.71 Å². The van der Waals surface area contributed by atoms with Gasteiger partial charge in [-0.05, 0) is 62.3 Å². The lowest BCUT2D eigenvalue weighted by Gasteiger charge is -2.45. The molecule has 0 radical (unpaired) electrons. The Morgan fingerprint density at radius 3 is 2.67 bits per heavy atom. The third-order valence-corrected chi connectivity index (χ3v) is 7.32. The van der Waals surface area contributed by atoms with E-state index in [1.54, 1.807) is 0 Å². The summed E-state index contributed by atoms with van der Waals surface area (Å²) in [5.41, 5.74) is 6.83. The molecule has 0 spiro atoms. The quantitative estimate of drug-likeness (QED) is 0.561. The third kappa shape index (κ3) is 4.25. The molecule has 2 aromatic carbocycles. The van der Waals surface area contributed by atoms with E-state index in [4.69, 9.17) is 9.73 Å². The molecule has 4 atom stereocenters. The number of nitrogens with zero attached hydrogens (tertiary/aromatic N) is 1. The summed E-state index contributed by atoms with van der Waals surface area (Å²) in [7, 11) is 0. The van der Waals surface area contributed by atoms with Gasteiger partial charge in [0.15, 0.2) is 0 Å². The molecule has 0 bridgehead atoms. The molecule has 1 saturated carbocycles. The average molecular weight is 449 g/mol. The van der Waals surface area contributed by atoms with Crippen LogP contribution in [0.2, 0.25) is 0 Å². The van der Waals surface area contributed by atoms with E-state index in [1.807, 2.05) is 25.1 Å². The van der Waals surface area contributed by atoms with Gasteiger partial charge in [-0.2, -0.15) is 0 Å². The number of hydrogen-bond acceptors (Lipinski definition) is 4. The van der Waals surface area contributed by atoms with Crippen molar-refractivity contribution in [3.63, 3.8) is 0 Å². The fourth-order valence-corrected chi connectivity index (χ4v) is 5.82. The molecule has 1 fully saturated rings. The molecule has 5 heteroatoms. The average Bonchev–Trinajstić information content (AvgIpc) is 2.79. The van der Waals surface area contributed by atoms with E-state index in [0.29, 0.717) is 17.9 Å². The van der Waals surface area contributed by atoms with Gasteiger partial charge in [0.25, 0.3) is 0 Å². The summed E-state index contributed by atoms with van der Waals surface area (Å²) in [5, 5.41) is 13.7. The molecule has 4 rings (SSSR count). The summed E-state index contributed by atoms with van der Waals surface area (Å²) in [5.74, 6) is 0.578. The van der Waals surface area contributed by atoms with E-state index in [2.05, 4.69) is 45.1 Å². The molecular weight excluding hydrogens is 412 g/mol. The van der Waals surface area contributed by atoms with Crippen molar-refractivity contribution in [3.8, 4) is 5.75 Å². The van der Waals surface area contributed by atoms with Gasteiger partial charge >= 0.3 is 5.97 Å². The SMILES string of the molecule is CCN=C1CC2Oc3cc(NCC)c(C)cc3C(c3cccc(CC)c3C(=O)O)C2CC1C. The second-order valence-electron chi connectivity index (χ2n) is 9.38. The van der Waals surface area contributed by atoms with E-state index in [9.17, 15) is 9.90 Å². The normalized spacial score (nSPS) is 25.2. The highest BCUT2D eigenvalue weighted by atomic mass is 16.5. The molecule has 4 unspecified atom stereocenters. The number of aromatic carboxylic acids is 1. The number of nitrogens with one attached hydrogen (secondary N) is 1. The molecule has 2 aromatic rings. The maximum Gasteiger partial charge on any atom is 0.336 e. The topological polar surface area (TPSA) is 70.9 Å². The number of rotatable bonds is 6. The summed E-state index contributed by atoms with van der Waals surface area (Å²) < 4.78 is 6.64. The summed E-state index contributed by atoms with van der Waals surface area (Å²) in [6, 6.07) is 10.3. The summed E-state index contributed by atoms with van der Waals surface area (Å²) >= 11 is 0. The van der Waals surface area contributed by atoms with Crippen LogP contribution in [0, 0.1) is 18.8 Å². The Balaban J connectivity index is 1.92. The Morgan fingerprint density at radius 1 is 1.21 bits per heavy atom. The fourth-order valence-electron chi connectivity index (χ4n) is 5.82. The van der Waals surface area contributed by atoms with Crippen LogP contribution in [0.3, 0.4) is 0 Å². The minimum absolute atomic E-state index is 0.00638. The lowest BCUT2D eigenvalue weighted by atomic mass is 9.66. The Labute approximate surface area is 197 Å². The largest absolute Gasteiger partial charge is 0.489 e. The monoisotopic (exact) mass is 448 g/mol. The minimum Gasteiger partial charge on any atom is -0.489 e. The Kier molecular flexibility index (Phi) is 6.78. The van der Waals surface area contributed by atoms with Gasteiger partial charge in [0, 0.05) is 54.4 Å². The van der Waals surface area contributed by atoms with E-state index in [0.717, 1.165) is 59.6 Å². The lowest BCUT2D eigenvalue weighted by Crippen LogP contribution is -2.44. The van der Waals surface area contributed by atoms with Crippen molar-refractivity contribution in [2.75, 3.05) is 18.4 Å². The Hall–Kier alpha value is -2.82. The number of benzene rings is 2. The zero-order chi connectivity index (χ0) is 23.7. The van der Waals surface area contributed by atoms with Crippen LogP contribution in [-0.2, 0) is 6.42 Å². The predicted molar refractivity (Wildman–Crippen MR) is 134 cm³/mol. The molecule has 0 aromatic heterocycles. The molecule has 1 heterocycles. The summed E-state index contributed by atoms with van der Waals surface area (Å²) in [6.07, 6.45) is 2.43. The molecule has 176 valence electrons. The van der Waals surface area contributed by atoms with Crippen molar-refractivity contribution in [2.45, 2.75) is 65.9 Å². The van der Waals surface area contributed by atoms with Crippen LogP contribution in [0.1, 0.15) is 79.1 Å². The summed E-state index contributed by atoms with van der Waals surface area (Å²) in [6.45, 7) is 12.2. The highest BCUT2D eigenvalue weighted by Gasteiger charge is 2.45. The van der Waals surface area contributed by atoms with Crippen LogP contribution in [0.15, 0.2) is 35.3 Å². The molecule has 5 nitrogen and oxygen atoms in total. The maximum absolute atomic E-state index is 12.5. The Morgan fingerprint density at radius 2 is 2.00 bits per heavy atom. The van der Waals surface area contributed by atoms with Gasteiger partial charge in [-0.25, -0.2) is 4.79 Å². The van der Waals surface area contributed by atoms with Crippen LogP contribution < -0.4 is 10.1 Å². The van der Waals surface area contributed by atoms with E-state index in [-0.39, 0.29) is 17.9 Å². The first-order valence-electron chi connectivity index (χ1n) is 12.3. The van der Waals surface area contributed by atoms with E-state index >= 15 is 0 Å². The standard InChI is InChI=1S/C28H36N2O3/c1-6-18-10-9-11-19(26(18)28(31)32)27-20-12-16(4)22(29-7-2)14-24(20)33-25-15-23(30-8-3)17(5)13-21(25)27/h9-12,14,17,21,25,27,29H,6-8,13,15H2,1-5H3,(H,31,32). The van der Waals surface area contributed by atoms with Crippen LogP contribution in [-0.4, -0.2) is 36.0 Å². The molecule has 33 heavy (non-hydrogen) atoms. The number of ether oxygens (including phenoxy) is 1. The first-order valence-corrected chi connectivity index (χ1v) is 12.3. The van der Waals surface area contributed by atoms with Gasteiger partial charge < -0.3 is 15.2 Å². The van der Waals surface area contributed by atoms with Crippen LogP contribution in [0.4, 0.5) is 5.69 Å². The van der Waals surface area contributed by atoms with Crippen molar-refractivity contribution in [1.29, 1.82) is 0 Å². The second-order valence-corrected chi connectivity index (χ2v) is 9.38. The number of anilines is 1. The first-order chi connectivity index (χ1) is 15.9. The van der Waals surface area contributed by atoms with Crippen LogP contribution in [0.25, 0.3) is 0 Å². The van der Waals surface area contributed by atoms with Crippen LogP contribution in [0.5, 0.6) is 5.75 Å². The van der Waals surface area contributed by atoms with Gasteiger partial charge in [0.1, 0.15) is 11.9 Å². The number of aliphatic imine (C=N–C) groups is 1. The highest BCUT2D eigenvalue weighted by molar-refractivity contribution is 5.92. The fraction of sp³-hybridized carbons (Fsp3) is 0.500. The highest BCUT2D eigenvalue weighted by Crippen LogP contribution is 2.51. The molecule has 2 aliphatic rings. The number of fused-ring (bicyclic) bond motifs is 2. The van der Waals surface area contributed by atoms with Gasteiger partial charge in [-0.15, -0.1) is 0 Å². The van der Waals surface area contributed by atoms with Crippen molar-refractivity contribution in [3.05, 3.63) is 58.1 Å². The molecular formula is C28H36N2O3. The number of aryl methyl sites for hydroxylation is 2. The number of carbonyl (C=O) groups is 1. The zero-order valence-corrected chi connectivity index (χ0v) is 20.4. The summed E-state index contributed by atoms with van der Waals surface area (Å²) in [4.78, 5) is 17.2. The number of carboxylic acids is 1. The smallest absolute Gasteiger partial charge is 0.336 e. The van der Waals surface area contributed by atoms with E-state index < -0.39 is 5.97 Å². The Bertz CT molecular complexity index is 1080. The predicted octanol–water partition coefficient (Wildman–Crippen LogP) is 6.09. The first kappa shape index (κ1) is 23.3. The molecule has 1 aliphatic heterocycles. The third-order valence-electron chi connectivity index (χ3n) is 7.32. The van der Waals surface area contributed by atoms with Gasteiger partial charge in [0.2, 0.25) is 0 Å². The maximum atomic E-state index is 12.5. The van der Waals surface area contributed by atoms with Gasteiger partial charge in [-0.1, -0.05) is 32.0 Å². The molecule has 0 amide bonds. The number of hydrogen-bond donors (Lipinski definition) is 2. The molecule has 0 saturated heterocycles. The second kappa shape index (κ2) is 9.58. The minimum atomic E-state index is -0.842. The lowest BCUT2D eigenvalue weighted by molar-refractivity contribution is 0.0681. The van der Waals surface area contributed by atoms with Crippen molar-refractivity contribution >= 4 is 17.4 Å². The van der Waals surface area contributed by atoms with Crippen molar-refractivity contribution in [1.82, 2.24) is 0 Å². The number of carboxylic acid groups (broad SMARTS) is 1. The molecule has 1 aliphatic carbocycles. The van der Waals surface area contributed by atoms with Crippen LogP contribution >= 0.6 is 0 Å². The van der Waals surface area contributed by atoms with Crippen molar-refractivity contribution < 1.29 is 14.6 Å². The van der Waals surface area contributed by atoms with Crippen molar-refractivity contribution in [2.24, 2.45) is 16.8 Å². The van der Waals surface area contributed by atoms with Gasteiger partial charge in [0.05, 0.1) is 5.56 Å².